The van der Waals surface area contributed by atoms with Crippen LogP contribution in [-0.4, -0.2) is 38.8 Å². The fourth-order valence-electron chi connectivity index (χ4n) is 3.98. The Kier molecular flexibility index (Phi) is 3.77. The summed E-state index contributed by atoms with van der Waals surface area (Å²) >= 11 is 0. The Bertz CT molecular complexity index is 1550. The van der Waals surface area contributed by atoms with Crippen molar-refractivity contribution in [3.05, 3.63) is 64.9 Å². The summed E-state index contributed by atoms with van der Waals surface area (Å²) in [7, 11) is 1.38. The number of carbonyl (C=O) groups is 1. The second-order valence-electron chi connectivity index (χ2n) is 7.62. The van der Waals surface area contributed by atoms with Crippen LogP contribution in [0.1, 0.15) is 37.3 Å². The quantitative estimate of drug-likeness (QED) is 0.453. The zero-order valence-electron chi connectivity index (χ0n) is 19.9. The Morgan fingerprint density at radius 2 is 2.12 bits per heavy atom. The molecule has 7 nitrogen and oxygen atoms in total. The van der Waals surface area contributed by atoms with Crippen LogP contribution in [0.25, 0.3) is 16.6 Å². The van der Waals surface area contributed by atoms with E-state index in [1.165, 1.54) is 34.8 Å². The fraction of sp³-hybridized carbons (Fsp3) is 0.227. The molecular weight excluding hydrogens is 442 g/mol. The van der Waals surface area contributed by atoms with Gasteiger partial charge in [-0.1, -0.05) is 6.07 Å². The first kappa shape index (κ1) is 17.6. The van der Waals surface area contributed by atoms with Crippen molar-refractivity contribution in [1.82, 2.24) is 19.3 Å². The smallest absolute Gasteiger partial charge is 0.416 e. The molecule has 0 spiro atoms. The van der Waals surface area contributed by atoms with Gasteiger partial charge in [0.2, 0.25) is 0 Å². The number of benzene rings is 2. The van der Waals surface area contributed by atoms with Crippen LogP contribution >= 0.6 is 0 Å². The van der Waals surface area contributed by atoms with Crippen LogP contribution in [0, 0.1) is 12.7 Å². The number of aryl methyl sites for hydroxylation is 1. The van der Waals surface area contributed by atoms with Crippen LogP contribution in [-0.2, 0) is 6.18 Å². The SMILES string of the molecule is [2H]C([2H])([2H])c1ncn2c1c(N)nc1cc(F)c(C(=O)N(C)[C@@H]3COc4cc(C(F)(F)F)ccc43)cc12. The predicted octanol–water partition coefficient (Wildman–Crippen LogP) is 4.14. The number of imidazole rings is 1. The van der Waals surface area contributed by atoms with Gasteiger partial charge in [0.25, 0.3) is 5.91 Å². The molecule has 0 unspecified atom stereocenters. The minimum atomic E-state index is -4.55. The van der Waals surface area contributed by atoms with Crippen molar-refractivity contribution in [2.45, 2.75) is 19.1 Å². The maximum Gasteiger partial charge on any atom is 0.416 e. The van der Waals surface area contributed by atoms with Crippen molar-refractivity contribution in [2.75, 3.05) is 19.4 Å². The minimum Gasteiger partial charge on any atom is -0.491 e. The van der Waals surface area contributed by atoms with E-state index in [2.05, 4.69) is 9.97 Å². The summed E-state index contributed by atoms with van der Waals surface area (Å²) in [6.07, 6.45) is -3.35. The standard InChI is InChI=1S/C22H17F4N5O2/c1-10-19-20(27)29-15-7-14(23)13(6-16(15)31(19)9-28-10)21(32)30(2)17-8-33-18-5-11(22(24,25)26)3-4-12(17)18/h3-7,9,17H,8H2,1-2H3,(H2,27,29)/t17-/m1/s1/i1D3. The van der Waals surface area contributed by atoms with Crippen LogP contribution in [0.15, 0.2) is 36.7 Å². The topological polar surface area (TPSA) is 85.8 Å². The highest BCUT2D eigenvalue weighted by molar-refractivity contribution is 5.98. The van der Waals surface area contributed by atoms with E-state index in [-0.39, 0.29) is 46.0 Å². The molecule has 1 atom stereocenters. The molecule has 1 aliphatic heterocycles. The van der Waals surface area contributed by atoms with Gasteiger partial charge in [-0.05, 0) is 25.1 Å². The molecule has 0 bridgehead atoms. The van der Waals surface area contributed by atoms with E-state index in [0.717, 1.165) is 18.2 Å². The van der Waals surface area contributed by atoms with Gasteiger partial charge in [-0.3, -0.25) is 9.20 Å². The number of halogens is 4. The van der Waals surface area contributed by atoms with Gasteiger partial charge < -0.3 is 15.4 Å². The Hall–Kier alpha value is -3.89. The molecule has 170 valence electrons. The number of nitrogens with two attached hydrogens (primary N) is 1. The molecule has 0 fully saturated rings. The Balaban J connectivity index is 1.56. The lowest BCUT2D eigenvalue weighted by molar-refractivity contribution is -0.137. The highest BCUT2D eigenvalue weighted by atomic mass is 19.4. The molecule has 4 aromatic rings. The zero-order chi connectivity index (χ0) is 26.2. The third-order valence-corrected chi connectivity index (χ3v) is 5.69. The monoisotopic (exact) mass is 462 g/mol. The molecule has 2 aromatic carbocycles. The van der Waals surface area contributed by atoms with Crippen molar-refractivity contribution in [3.63, 3.8) is 0 Å². The van der Waals surface area contributed by atoms with E-state index < -0.39 is 36.4 Å². The summed E-state index contributed by atoms with van der Waals surface area (Å²) in [4.78, 5) is 22.5. The summed E-state index contributed by atoms with van der Waals surface area (Å²) in [5.74, 6) is -1.85. The summed E-state index contributed by atoms with van der Waals surface area (Å²) in [5, 5.41) is 0. The van der Waals surface area contributed by atoms with E-state index in [9.17, 15) is 18.0 Å². The maximum absolute atomic E-state index is 15.0. The van der Waals surface area contributed by atoms with Gasteiger partial charge in [0, 0.05) is 22.8 Å². The molecule has 0 aliphatic carbocycles. The first-order valence-electron chi connectivity index (χ1n) is 11.1. The van der Waals surface area contributed by atoms with E-state index in [4.69, 9.17) is 14.6 Å². The number of amides is 1. The number of nitrogens with zero attached hydrogens (tertiary/aromatic N) is 4. The first-order chi connectivity index (χ1) is 16.8. The van der Waals surface area contributed by atoms with Crippen molar-refractivity contribution in [2.24, 2.45) is 0 Å². The summed E-state index contributed by atoms with van der Waals surface area (Å²) in [6.45, 7) is -2.70. The summed E-state index contributed by atoms with van der Waals surface area (Å²) in [5.41, 5.74) is 5.02. The number of hydrogen-bond acceptors (Lipinski definition) is 5. The van der Waals surface area contributed by atoms with Gasteiger partial charge in [-0.2, -0.15) is 13.2 Å². The Morgan fingerprint density at radius 3 is 2.85 bits per heavy atom. The van der Waals surface area contributed by atoms with E-state index in [1.54, 1.807) is 0 Å². The number of fused-ring (bicyclic) bond motifs is 4. The number of rotatable bonds is 2. The van der Waals surface area contributed by atoms with Gasteiger partial charge in [-0.25, -0.2) is 14.4 Å². The van der Waals surface area contributed by atoms with Crippen molar-refractivity contribution in [3.8, 4) is 5.75 Å². The second kappa shape index (κ2) is 7.06. The molecule has 0 saturated carbocycles. The third-order valence-electron chi connectivity index (χ3n) is 5.69. The normalized spacial score (nSPS) is 17.4. The van der Waals surface area contributed by atoms with Gasteiger partial charge >= 0.3 is 6.18 Å². The molecule has 0 saturated heterocycles. The fourth-order valence-corrected chi connectivity index (χ4v) is 3.98. The largest absolute Gasteiger partial charge is 0.491 e. The number of ether oxygens (including phenoxy) is 1. The lowest BCUT2D eigenvalue weighted by Crippen LogP contribution is -2.32. The predicted molar refractivity (Wildman–Crippen MR) is 111 cm³/mol. The van der Waals surface area contributed by atoms with E-state index in [0.29, 0.717) is 5.56 Å². The van der Waals surface area contributed by atoms with Crippen LogP contribution in [0.3, 0.4) is 0 Å². The van der Waals surface area contributed by atoms with Crippen LogP contribution < -0.4 is 10.5 Å². The van der Waals surface area contributed by atoms with Gasteiger partial charge in [0.1, 0.15) is 35.8 Å². The highest BCUT2D eigenvalue weighted by Crippen LogP contribution is 2.40. The van der Waals surface area contributed by atoms with E-state index in [1.807, 2.05) is 0 Å². The summed E-state index contributed by atoms with van der Waals surface area (Å²) < 4.78 is 83.8. The van der Waals surface area contributed by atoms with Gasteiger partial charge in [-0.15, -0.1) is 0 Å². The first-order valence-corrected chi connectivity index (χ1v) is 9.64. The number of carbonyl (C=O) groups excluding carboxylic acids is 1. The van der Waals surface area contributed by atoms with Gasteiger partial charge in [0.15, 0.2) is 0 Å². The average molecular weight is 462 g/mol. The van der Waals surface area contributed by atoms with Crippen molar-refractivity contribution >= 4 is 28.3 Å². The number of anilines is 1. The molecule has 2 aromatic heterocycles. The molecule has 1 aliphatic rings. The minimum absolute atomic E-state index is 0.00884. The highest BCUT2D eigenvalue weighted by Gasteiger charge is 2.36. The third kappa shape index (κ3) is 3.22. The molecule has 2 N–H and O–H groups in total. The molecule has 5 rings (SSSR count). The second-order valence-corrected chi connectivity index (χ2v) is 7.62. The number of alkyl halides is 3. The average Bonchev–Trinajstić information content (AvgIpc) is 3.42. The maximum atomic E-state index is 15.0. The molecule has 3 heterocycles. The molecule has 33 heavy (non-hydrogen) atoms. The van der Waals surface area contributed by atoms with E-state index >= 15 is 4.39 Å². The van der Waals surface area contributed by atoms with Crippen LogP contribution in [0.4, 0.5) is 23.4 Å². The molecule has 11 heteroatoms. The van der Waals surface area contributed by atoms with Crippen molar-refractivity contribution < 1.29 is 31.2 Å². The number of aromatic nitrogens is 3. The number of nitrogen functional groups attached to an aromatic ring is 1. The Labute approximate surface area is 188 Å². The number of likely N-dealkylation sites (N-methyl/N-ethyl adjacent to an activating group) is 1. The van der Waals surface area contributed by atoms with Crippen molar-refractivity contribution in [1.29, 1.82) is 0 Å². The van der Waals surface area contributed by atoms with Crippen LogP contribution in [0.2, 0.25) is 0 Å². The summed E-state index contributed by atoms with van der Waals surface area (Å²) in [6, 6.07) is 4.43. The lowest BCUT2D eigenvalue weighted by Gasteiger charge is -2.24. The number of hydrogen-bond donors (Lipinski definition) is 1. The molecular formula is C22H17F4N5O2. The van der Waals surface area contributed by atoms with Gasteiger partial charge in [0.05, 0.1) is 33.9 Å². The molecule has 1 amide bonds. The Morgan fingerprint density at radius 1 is 1.33 bits per heavy atom. The zero-order valence-corrected chi connectivity index (χ0v) is 16.9. The van der Waals surface area contributed by atoms with Crippen LogP contribution in [0.5, 0.6) is 5.75 Å². The molecule has 0 radical (unpaired) electrons. The lowest BCUT2D eigenvalue weighted by atomic mass is 10.0.